The molecule has 0 bridgehead atoms. The molecule has 4 atom stereocenters. The molecule has 80 heavy (non-hydrogen) atoms. The number of hydrogen-bond acceptors (Lipinski definition) is 14. The van der Waals surface area contributed by atoms with Crippen molar-refractivity contribution in [3.05, 3.63) is 62.6 Å². The number of nitrogens with two attached hydrogens (primary N) is 2. The molecule has 4 rings (SSSR count). The van der Waals surface area contributed by atoms with E-state index < -0.39 is 47.9 Å². The van der Waals surface area contributed by atoms with Crippen molar-refractivity contribution >= 4 is 79.9 Å². The molecule has 0 aromatic carbocycles. The van der Waals surface area contributed by atoms with Crippen LogP contribution in [0.25, 0.3) is 10.6 Å². The van der Waals surface area contributed by atoms with Gasteiger partial charge in [0.25, 0.3) is 0 Å². The molecule has 0 aromatic rings. The van der Waals surface area contributed by atoms with E-state index in [4.69, 9.17) is 48.9 Å². The fraction of sp³-hybridized carbons (Fsp3) is 0.702. The minimum Gasteiger partial charge on any atom is -0.652 e. The van der Waals surface area contributed by atoms with Crippen LogP contribution in [0.5, 0.6) is 0 Å². The maximum atomic E-state index is 11.5. The summed E-state index contributed by atoms with van der Waals surface area (Å²) >= 11 is 9.53. The minimum absolute atomic E-state index is 0. The SMILES string of the molecule is C.CC(C)(C)OC(=O)N[C@H]1CCCCNC1=O.CC(C)(C)OC(=O)N[C@H]1CCCC[N-]C1=O.C[B]OOCB=O.ClCCl.N[C@H]1CCCCNC1=O.N[C@H]1CCCC[N-]C1=O.O=CC(F)(F)F.[CH3-].[CH3-].[CH3-].[CH3-].[CH3-].[CH3-].[CH3-].[W].[W].[W].[Y].[Y].[Y]. The van der Waals surface area contributed by atoms with Gasteiger partial charge in [0.15, 0.2) is 0 Å². The van der Waals surface area contributed by atoms with Gasteiger partial charge in [-0.2, -0.15) is 13.2 Å². The van der Waals surface area contributed by atoms with Gasteiger partial charge in [0.2, 0.25) is 18.1 Å². The molecule has 6 amide bonds. The summed E-state index contributed by atoms with van der Waals surface area (Å²) in [6.07, 6.45) is 4.05. The first-order valence-electron chi connectivity index (χ1n) is 21.4. The van der Waals surface area contributed by atoms with E-state index in [1.165, 1.54) is 7.48 Å². The Morgan fingerprint density at radius 1 is 0.650 bits per heavy atom. The summed E-state index contributed by atoms with van der Waals surface area (Å²) in [5.41, 5.74) is 9.82. The van der Waals surface area contributed by atoms with Crippen molar-refractivity contribution in [3.63, 3.8) is 0 Å². The van der Waals surface area contributed by atoms with E-state index in [0.717, 1.165) is 70.8 Å². The van der Waals surface area contributed by atoms with Gasteiger partial charge >= 0.3 is 60.7 Å². The first-order chi connectivity index (χ1) is 30.8. The average molecular weight is 1930 g/mol. The average Bonchev–Trinajstić information content (AvgIpc) is 3.71. The third-order valence-electron chi connectivity index (χ3n) is 7.90. The molecule has 4 saturated heterocycles. The van der Waals surface area contributed by atoms with Gasteiger partial charge in [-0.05, 0) is 92.9 Å². The van der Waals surface area contributed by atoms with E-state index in [2.05, 4.69) is 41.6 Å². The maximum Gasteiger partial charge on any atom is 0.446 e. The van der Waals surface area contributed by atoms with Crippen LogP contribution in [0.15, 0.2) is 0 Å². The molecule has 4 aliphatic heterocycles. The largest absolute Gasteiger partial charge is 0.652 e. The molecule has 0 spiro atoms. The van der Waals surface area contributed by atoms with Crippen LogP contribution in [0.1, 0.15) is 126 Å². The zero-order valence-corrected chi connectivity index (χ0v) is 67.9. The van der Waals surface area contributed by atoms with E-state index in [1.807, 2.05) is 0 Å². The normalized spacial score (nSPS) is 17.0. The van der Waals surface area contributed by atoms with Crippen LogP contribution in [-0.2, 0) is 209 Å². The first-order valence-corrected chi connectivity index (χ1v) is 22.5. The number of halogens is 5. The Kier molecular flexibility index (Phi) is 125. The molecule has 0 saturated carbocycles. The van der Waals surface area contributed by atoms with Crippen LogP contribution in [0.2, 0.25) is 6.82 Å². The van der Waals surface area contributed by atoms with Gasteiger partial charge in [-0.1, -0.05) is 33.1 Å². The number of amides is 6. The first kappa shape index (κ1) is 127. The van der Waals surface area contributed by atoms with Crippen molar-refractivity contribution in [2.24, 2.45) is 11.5 Å². The number of alkyl halides is 5. The number of carbonyl (C=O) groups is 7. The predicted molar refractivity (Wildman–Crippen MR) is 296 cm³/mol. The second kappa shape index (κ2) is 78.6. The molecular weight excluding hydrogens is 1840 g/mol. The predicted octanol–water partition coefficient (Wildman–Crippen LogP) is 8.71. The van der Waals surface area contributed by atoms with E-state index in [0.29, 0.717) is 39.6 Å². The van der Waals surface area contributed by atoms with Gasteiger partial charge < -0.3 is 114 Å². The van der Waals surface area contributed by atoms with Crippen molar-refractivity contribution in [1.82, 2.24) is 21.3 Å². The smallest absolute Gasteiger partial charge is 0.446 e. The number of hydrogen-bond donors (Lipinski definition) is 6. The van der Waals surface area contributed by atoms with Gasteiger partial charge in [0.05, 0.1) is 29.2 Å². The van der Waals surface area contributed by atoms with Crippen molar-refractivity contribution in [2.45, 2.75) is 174 Å². The molecule has 20 nitrogen and oxygen atoms in total. The molecule has 472 valence electrons. The molecule has 0 aliphatic carbocycles. The summed E-state index contributed by atoms with van der Waals surface area (Å²) in [6, 6.07) is -1.55. The van der Waals surface area contributed by atoms with Crippen LogP contribution < -0.4 is 32.7 Å². The Balaban J connectivity index is -0.0000000390. The van der Waals surface area contributed by atoms with Gasteiger partial charge in [-0.3, -0.25) is 14.4 Å². The van der Waals surface area contributed by atoms with Crippen molar-refractivity contribution in [2.75, 3.05) is 38.0 Å². The molecule has 0 unspecified atom stereocenters. The second-order valence-electron chi connectivity index (χ2n) is 16.2. The maximum absolute atomic E-state index is 11.5. The summed E-state index contributed by atoms with van der Waals surface area (Å²) in [5.74, 6) is -0.480. The third kappa shape index (κ3) is 88.4. The van der Waals surface area contributed by atoms with Gasteiger partial charge in [0.1, 0.15) is 17.2 Å². The summed E-state index contributed by atoms with van der Waals surface area (Å²) < 4.78 is 50.9. The van der Waals surface area contributed by atoms with Crippen LogP contribution in [0.3, 0.4) is 0 Å². The number of ether oxygens (including phenoxy) is 2. The molecule has 8 N–H and O–H groups in total. The number of nitrogens with one attached hydrogen (secondary N) is 4. The molecule has 33 heteroatoms. The van der Waals surface area contributed by atoms with Crippen LogP contribution in [0, 0.1) is 52.0 Å². The fourth-order valence-corrected chi connectivity index (χ4v) is 5.00. The number of rotatable bonds is 6. The molecule has 0 aromatic heterocycles. The van der Waals surface area contributed by atoms with E-state index in [9.17, 15) is 46.6 Å². The van der Waals surface area contributed by atoms with E-state index in [1.54, 1.807) is 48.4 Å². The monoisotopic (exact) mass is 1930 g/mol. The molecule has 4 aliphatic rings. The van der Waals surface area contributed by atoms with E-state index >= 15 is 0 Å². The van der Waals surface area contributed by atoms with Crippen molar-refractivity contribution in [3.8, 4) is 0 Å². The van der Waals surface area contributed by atoms with Gasteiger partial charge in [-0.25, -0.2) is 9.59 Å². The molecule has 4 fully saturated rings. The quantitative estimate of drug-likeness (QED) is 0.0276. The van der Waals surface area contributed by atoms with Crippen LogP contribution in [0.4, 0.5) is 22.8 Å². The Morgan fingerprint density at radius 3 is 1.38 bits per heavy atom. The summed E-state index contributed by atoms with van der Waals surface area (Å²) in [7, 11) is 1.97. The van der Waals surface area contributed by atoms with Crippen LogP contribution in [-0.4, -0.2) is 136 Å². The topological polar surface area (TPSA) is 302 Å². The Hall–Kier alpha value is 1.61. The van der Waals surface area contributed by atoms with Crippen LogP contribution >= 0.6 is 23.2 Å². The van der Waals surface area contributed by atoms with Gasteiger partial charge in [0, 0.05) is 180 Å². The number of alkyl carbamates (subject to hydrolysis) is 2. The number of nitrogens with zero attached hydrogens (tertiary/aromatic N) is 2. The van der Waals surface area contributed by atoms with Crippen molar-refractivity contribution < 1.29 is 232 Å². The summed E-state index contributed by atoms with van der Waals surface area (Å²) in [5, 5.41) is 18.4. The zero-order chi connectivity index (χ0) is 51.2. The fourth-order valence-electron chi connectivity index (χ4n) is 5.00. The Labute approximate surface area is 612 Å². The number of aldehydes is 1. The minimum atomic E-state index is -4.64. The summed E-state index contributed by atoms with van der Waals surface area (Å²) in [6.45, 7) is 15.1. The summed E-state index contributed by atoms with van der Waals surface area (Å²) in [4.78, 5) is 84.6. The number of carbonyl (C=O) groups excluding carboxylic acids is 7. The standard InChI is InChI=1S/2C11H20N2O3.2C6H12N2O.C2H5B2O3.C2HF3O.CH2Cl2.CH4.7CH3.3W.3Y/c2*1-11(2,3)16-10(15)13-8-6-4-5-7-12-9(8)14;2*7-5-3-1-2-4-8-6(5)9;1-3-7-6-2-4-5;3-2(4,5)1-6;2-1-3;;;;;;;;;;;;;;/h8H,4-7H2,1-3H3,(H,12,14)(H,13,15);8H,4-7H2,1-3H3,(H2,12,13,14,15);2*5H,1-4,7H2,(H,8,9);2H2,1H3;1H;1H2;1H4;7*1H3;;;;;;/q;;;;;;;;7*-1;;;;;;/p-2/t2*8-;2*5-;;;;;;;;;;;;;;;;;/m0000................./s1. The van der Waals surface area contributed by atoms with Crippen molar-refractivity contribution in [1.29, 1.82) is 0 Å². The third-order valence-corrected chi connectivity index (χ3v) is 7.90. The second-order valence-corrected chi connectivity index (χ2v) is 17.0. The molecule has 4 radical (unpaired) electrons. The Morgan fingerprint density at radius 2 is 0.988 bits per heavy atom. The zero-order valence-electron chi connectivity index (χ0n) is 49.1. The molecular formula is C47H95B2Cl2F3N8O12W3Y3-9. The molecule has 4 heterocycles. The Bertz CT molecular complexity index is 1360. The van der Waals surface area contributed by atoms with E-state index in [-0.39, 0.29) is 268 Å². The van der Waals surface area contributed by atoms with Gasteiger partial charge in [-0.15, -0.1) is 36.3 Å².